The number of carbonyl (C=O) groups excluding carboxylic acids is 5. The number of hydrogen-bond donors (Lipinski definition) is 1. The highest BCUT2D eigenvalue weighted by Crippen LogP contribution is 2.42. The topological polar surface area (TPSA) is 138 Å². The molecule has 0 bridgehead atoms. The van der Waals surface area contributed by atoms with Gasteiger partial charge in [-0.15, -0.1) is 0 Å². The fraction of sp³-hybridized carbons (Fsp3) is 0.761. The lowest BCUT2D eigenvalue weighted by Crippen LogP contribution is -2.55. The fourth-order valence-corrected chi connectivity index (χ4v) is 8.21. The van der Waals surface area contributed by atoms with Gasteiger partial charge in [0.05, 0.1) is 12.6 Å². The number of nitrogens with one attached hydrogen (secondary N) is 1. The second kappa shape index (κ2) is 28.0. The van der Waals surface area contributed by atoms with E-state index in [4.69, 9.17) is 18.9 Å². The average Bonchev–Trinajstić information content (AvgIpc) is 3.82. The predicted molar refractivity (Wildman–Crippen MR) is 221 cm³/mol. The fourth-order valence-electron chi connectivity index (χ4n) is 8.21. The molecule has 11 nitrogen and oxygen atoms in total. The van der Waals surface area contributed by atoms with Crippen LogP contribution < -0.4 is 5.32 Å². The van der Waals surface area contributed by atoms with Gasteiger partial charge in [-0.1, -0.05) is 128 Å². The van der Waals surface area contributed by atoms with Crippen LogP contribution in [0.5, 0.6) is 0 Å². The summed E-state index contributed by atoms with van der Waals surface area (Å²) >= 11 is 0. The number of esters is 4. The molecule has 5 atom stereocenters. The van der Waals surface area contributed by atoms with Gasteiger partial charge in [-0.3, -0.25) is 24.5 Å². The van der Waals surface area contributed by atoms with Crippen LogP contribution in [0.4, 0.5) is 0 Å². The number of fused-ring (bicyclic) bond motifs is 1. The van der Waals surface area contributed by atoms with Gasteiger partial charge in [0.1, 0.15) is 25.3 Å². The second-order valence-corrected chi connectivity index (χ2v) is 16.1. The normalized spacial score (nSPS) is 18.5. The van der Waals surface area contributed by atoms with Crippen molar-refractivity contribution >= 4 is 29.8 Å². The molecule has 2 aliphatic rings. The van der Waals surface area contributed by atoms with Crippen molar-refractivity contribution in [1.29, 1.82) is 0 Å². The van der Waals surface area contributed by atoms with E-state index in [0.717, 1.165) is 76.2 Å². The summed E-state index contributed by atoms with van der Waals surface area (Å²) in [5, 5.41) is 3.23. The molecule has 1 saturated carbocycles. The number of nitrogens with zero attached hydrogens (tertiary/aromatic N) is 1. The molecule has 0 radical (unpaired) electrons. The molecule has 1 amide bonds. The number of likely N-dealkylation sites (tertiary alicyclic amines) is 1. The molecule has 1 N–H and O–H groups in total. The van der Waals surface area contributed by atoms with Crippen molar-refractivity contribution in [3.8, 4) is 0 Å². The molecule has 2 fully saturated rings. The Balaban J connectivity index is 1.64. The first-order valence-electron chi connectivity index (χ1n) is 22.5. The van der Waals surface area contributed by atoms with E-state index in [1.807, 2.05) is 30.3 Å². The first kappa shape index (κ1) is 47.9. The van der Waals surface area contributed by atoms with Crippen LogP contribution >= 0.6 is 0 Å². The minimum atomic E-state index is -1.01. The summed E-state index contributed by atoms with van der Waals surface area (Å²) < 4.78 is 22.5. The molecule has 1 aromatic rings. The van der Waals surface area contributed by atoms with Crippen molar-refractivity contribution in [2.45, 2.75) is 199 Å². The largest absolute Gasteiger partial charge is 0.465 e. The Morgan fingerprint density at radius 2 is 1.30 bits per heavy atom. The van der Waals surface area contributed by atoms with Crippen LogP contribution in [0.15, 0.2) is 30.3 Å². The summed E-state index contributed by atoms with van der Waals surface area (Å²) in [6, 6.07) is 7.38. The van der Waals surface area contributed by atoms with E-state index in [1.165, 1.54) is 38.5 Å². The number of hydrogen-bond acceptors (Lipinski definition) is 10. The molecular weight excluding hydrogens is 725 g/mol. The zero-order chi connectivity index (χ0) is 41.3. The van der Waals surface area contributed by atoms with E-state index in [2.05, 4.69) is 19.2 Å². The third kappa shape index (κ3) is 17.9. The third-order valence-corrected chi connectivity index (χ3v) is 11.4. The van der Waals surface area contributed by atoms with Crippen molar-refractivity contribution in [2.24, 2.45) is 5.92 Å². The predicted octanol–water partition coefficient (Wildman–Crippen LogP) is 8.58. The third-order valence-electron chi connectivity index (χ3n) is 11.4. The van der Waals surface area contributed by atoms with E-state index in [1.54, 1.807) is 18.7 Å². The zero-order valence-electron chi connectivity index (χ0n) is 35.6. The first-order valence-corrected chi connectivity index (χ1v) is 22.5. The van der Waals surface area contributed by atoms with E-state index in [9.17, 15) is 24.0 Å². The van der Waals surface area contributed by atoms with Crippen LogP contribution in [-0.2, 0) is 49.3 Å². The molecule has 2 unspecified atom stereocenters. The van der Waals surface area contributed by atoms with Crippen LogP contribution in [0.25, 0.3) is 0 Å². The molecule has 0 spiro atoms. The van der Waals surface area contributed by atoms with Crippen LogP contribution in [0, 0.1) is 5.92 Å². The van der Waals surface area contributed by atoms with E-state index >= 15 is 0 Å². The number of unbranched alkanes of at least 4 members (excludes halogenated alkanes) is 12. The summed E-state index contributed by atoms with van der Waals surface area (Å²) in [6.45, 7) is 7.59. The molecule has 1 aliphatic heterocycles. The van der Waals surface area contributed by atoms with Gasteiger partial charge < -0.3 is 23.8 Å². The summed E-state index contributed by atoms with van der Waals surface area (Å²) in [6.07, 6.45) is 18.7. The highest BCUT2D eigenvalue weighted by molar-refractivity contribution is 5.89. The molecular formula is C46H74N2O9. The standard InChI is InChI=1S/C46H74N2O9/c1-5-8-10-12-14-16-21-28-42(49)55-33-38(34-56-43(50)29-22-17-15-13-11-9-6-2)57-46(53)41-32-37-26-23-27-40(37)48(41)44(51)35(4)47-39(45(52)54-7-3)31-30-36-24-19-18-20-25-36/h18-20,24-25,35,37-41,47H,5-17,21-23,26-34H2,1-4H3/t35?,37-,39?,40-,41-/m0/s1. The Kier molecular flexibility index (Phi) is 23.6. The summed E-state index contributed by atoms with van der Waals surface area (Å²) in [5.41, 5.74) is 1.07. The molecule has 1 saturated heterocycles. The Hall–Kier alpha value is -3.47. The van der Waals surface area contributed by atoms with Crippen LogP contribution in [0.3, 0.4) is 0 Å². The number of carbonyl (C=O) groups is 5. The molecule has 57 heavy (non-hydrogen) atoms. The highest BCUT2D eigenvalue weighted by atomic mass is 16.6. The number of aryl methyl sites for hydroxylation is 1. The number of rotatable bonds is 30. The van der Waals surface area contributed by atoms with Gasteiger partial charge in [0.25, 0.3) is 0 Å². The quantitative estimate of drug-likeness (QED) is 0.0458. The van der Waals surface area contributed by atoms with Crippen molar-refractivity contribution < 1.29 is 42.9 Å². The number of benzene rings is 1. The molecule has 11 heteroatoms. The molecule has 322 valence electrons. The van der Waals surface area contributed by atoms with Gasteiger partial charge in [-0.2, -0.15) is 0 Å². The lowest BCUT2D eigenvalue weighted by atomic mass is 10.0. The van der Waals surface area contributed by atoms with E-state index in [0.29, 0.717) is 19.3 Å². The highest BCUT2D eigenvalue weighted by Gasteiger charge is 2.50. The first-order chi connectivity index (χ1) is 27.7. The van der Waals surface area contributed by atoms with Crippen molar-refractivity contribution in [3.05, 3.63) is 35.9 Å². The van der Waals surface area contributed by atoms with E-state index < -0.39 is 36.2 Å². The smallest absolute Gasteiger partial charge is 0.329 e. The minimum absolute atomic E-state index is 0.122. The van der Waals surface area contributed by atoms with Gasteiger partial charge in [-0.05, 0) is 70.3 Å². The van der Waals surface area contributed by atoms with Crippen LogP contribution in [-0.4, -0.2) is 84.8 Å². The molecule has 0 aromatic heterocycles. The van der Waals surface area contributed by atoms with Crippen molar-refractivity contribution in [2.75, 3.05) is 19.8 Å². The maximum atomic E-state index is 14.3. The molecule has 1 aromatic carbocycles. The van der Waals surface area contributed by atoms with Gasteiger partial charge >= 0.3 is 23.9 Å². The summed E-state index contributed by atoms with van der Waals surface area (Å²) in [5.74, 6) is -1.92. The van der Waals surface area contributed by atoms with Gasteiger partial charge in [0.15, 0.2) is 6.10 Å². The van der Waals surface area contributed by atoms with Crippen LogP contribution in [0.2, 0.25) is 0 Å². The molecule has 1 aliphatic carbocycles. The monoisotopic (exact) mass is 799 g/mol. The Morgan fingerprint density at radius 1 is 0.737 bits per heavy atom. The number of ether oxygens (including phenoxy) is 4. The maximum Gasteiger partial charge on any atom is 0.329 e. The van der Waals surface area contributed by atoms with Crippen LogP contribution in [0.1, 0.15) is 168 Å². The van der Waals surface area contributed by atoms with Crippen molar-refractivity contribution in [1.82, 2.24) is 10.2 Å². The van der Waals surface area contributed by atoms with Gasteiger partial charge in [0.2, 0.25) is 5.91 Å². The van der Waals surface area contributed by atoms with Crippen molar-refractivity contribution in [3.63, 3.8) is 0 Å². The minimum Gasteiger partial charge on any atom is -0.465 e. The zero-order valence-corrected chi connectivity index (χ0v) is 35.6. The van der Waals surface area contributed by atoms with E-state index in [-0.39, 0.29) is 62.5 Å². The SMILES string of the molecule is CCCCCCCCCC(=O)OCC(COC(=O)CCCCCCCCC)OC(=O)[C@@H]1C[C@@H]2CCC[C@@H]2N1C(=O)C(C)NC(CCc1ccccc1)C(=O)OCC. The Labute approximate surface area is 343 Å². The van der Waals surface area contributed by atoms with Gasteiger partial charge in [-0.25, -0.2) is 4.79 Å². The number of amides is 1. The second-order valence-electron chi connectivity index (χ2n) is 16.1. The Bertz CT molecular complexity index is 1290. The van der Waals surface area contributed by atoms with Gasteiger partial charge in [0, 0.05) is 18.9 Å². The molecule has 1 heterocycles. The summed E-state index contributed by atoms with van der Waals surface area (Å²) in [4.78, 5) is 68.4. The lowest BCUT2D eigenvalue weighted by Gasteiger charge is -2.33. The molecule has 3 rings (SSSR count). The lowest BCUT2D eigenvalue weighted by molar-refractivity contribution is -0.171. The Morgan fingerprint density at radius 3 is 1.86 bits per heavy atom. The average molecular weight is 799 g/mol. The maximum absolute atomic E-state index is 14.3. The summed E-state index contributed by atoms with van der Waals surface area (Å²) in [7, 11) is 0.